The molecule has 0 bridgehead atoms. The Bertz CT molecular complexity index is 1100. The van der Waals surface area contributed by atoms with E-state index in [-0.39, 0.29) is 46.0 Å². The third-order valence-electron chi connectivity index (χ3n) is 5.14. The molecule has 12 heteroatoms. The zero-order valence-electron chi connectivity index (χ0n) is 22.1. The molecule has 12 nitrogen and oxygen atoms in total. The molecule has 0 saturated carbocycles. The number of ether oxygens (including phenoxy) is 4. The molecular formula is C25H35N5O7. The first kappa shape index (κ1) is 29.1. The van der Waals surface area contributed by atoms with Crippen molar-refractivity contribution in [3.63, 3.8) is 0 Å². The van der Waals surface area contributed by atoms with Crippen molar-refractivity contribution >= 4 is 29.5 Å². The standard InChI is InChI=1S/C15H16N4O5.C10H19NO2/c1-22-10-4-5-17-13(16)12(10)14(20)19-9-7-18-11(23-2)6-8(9)15(21)24-3;1-10(2,3)13-9(12)11-7-5-4-6-8-11/h4-7H,1-3H3,(H2,16,17)(H,19,20);4-8H2,1-3H3. The average molecular weight is 518 g/mol. The van der Waals surface area contributed by atoms with E-state index in [1.165, 1.54) is 52.3 Å². The number of nitrogens with two attached hydrogens (primary N) is 1. The molecule has 0 atom stereocenters. The van der Waals surface area contributed by atoms with Crippen molar-refractivity contribution in [2.75, 3.05) is 45.5 Å². The van der Waals surface area contributed by atoms with Gasteiger partial charge in [0.15, 0.2) is 0 Å². The van der Waals surface area contributed by atoms with E-state index in [1.807, 2.05) is 20.8 Å². The van der Waals surface area contributed by atoms with E-state index < -0.39 is 11.9 Å². The molecule has 2 aromatic rings. The maximum absolute atomic E-state index is 12.5. The summed E-state index contributed by atoms with van der Waals surface area (Å²) in [5.41, 5.74) is 5.64. The summed E-state index contributed by atoms with van der Waals surface area (Å²) in [6.07, 6.45) is 5.99. The highest BCUT2D eigenvalue weighted by Crippen LogP contribution is 2.26. The van der Waals surface area contributed by atoms with Gasteiger partial charge < -0.3 is 34.9 Å². The van der Waals surface area contributed by atoms with Crippen molar-refractivity contribution in [2.24, 2.45) is 0 Å². The maximum atomic E-state index is 12.5. The lowest BCUT2D eigenvalue weighted by Gasteiger charge is -2.29. The Kier molecular flexibility index (Phi) is 10.5. The van der Waals surface area contributed by atoms with E-state index in [1.54, 1.807) is 4.90 Å². The van der Waals surface area contributed by atoms with Gasteiger partial charge in [-0.15, -0.1) is 0 Å². The number of anilines is 2. The molecule has 202 valence electrons. The molecule has 0 unspecified atom stereocenters. The minimum Gasteiger partial charge on any atom is -0.496 e. The van der Waals surface area contributed by atoms with Gasteiger partial charge >= 0.3 is 12.1 Å². The van der Waals surface area contributed by atoms with Crippen LogP contribution in [0, 0.1) is 0 Å². The van der Waals surface area contributed by atoms with Gasteiger partial charge in [0.2, 0.25) is 5.88 Å². The van der Waals surface area contributed by atoms with E-state index in [2.05, 4.69) is 15.3 Å². The average Bonchev–Trinajstić information content (AvgIpc) is 2.88. The minimum atomic E-state index is -0.655. The molecule has 0 aromatic carbocycles. The Morgan fingerprint density at radius 3 is 2.27 bits per heavy atom. The summed E-state index contributed by atoms with van der Waals surface area (Å²) >= 11 is 0. The molecule has 1 fully saturated rings. The number of hydrogen-bond acceptors (Lipinski definition) is 10. The van der Waals surface area contributed by atoms with Crippen LogP contribution in [0.5, 0.6) is 11.6 Å². The Morgan fingerprint density at radius 2 is 1.70 bits per heavy atom. The lowest BCUT2D eigenvalue weighted by atomic mass is 10.1. The molecule has 1 aliphatic heterocycles. The van der Waals surface area contributed by atoms with Gasteiger partial charge in [0, 0.05) is 25.4 Å². The monoisotopic (exact) mass is 517 g/mol. The molecule has 37 heavy (non-hydrogen) atoms. The van der Waals surface area contributed by atoms with Crippen LogP contribution in [0.3, 0.4) is 0 Å². The van der Waals surface area contributed by atoms with Gasteiger partial charge in [0.1, 0.15) is 22.7 Å². The van der Waals surface area contributed by atoms with Crippen LogP contribution in [0.1, 0.15) is 60.7 Å². The van der Waals surface area contributed by atoms with E-state index in [0.29, 0.717) is 0 Å². The topological polar surface area (TPSA) is 155 Å². The van der Waals surface area contributed by atoms with Crippen LogP contribution in [0.2, 0.25) is 0 Å². The second kappa shape index (κ2) is 13.3. The Morgan fingerprint density at radius 1 is 1.03 bits per heavy atom. The first-order valence-corrected chi connectivity index (χ1v) is 11.7. The molecule has 2 aromatic heterocycles. The van der Waals surface area contributed by atoms with Gasteiger partial charge in [-0.1, -0.05) is 0 Å². The fourth-order valence-electron chi connectivity index (χ4n) is 3.37. The van der Waals surface area contributed by atoms with Gasteiger partial charge in [-0.05, 0) is 46.1 Å². The quantitative estimate of drug-likeness (QED) is 0.563. The van der Waals surface area contributed by atoms with Crippen LogP contribution in [0.15, 0.2) is 24.5 Å². The third kappa shape index (κ3) is 8.51. The number of likely N-dealkylation sites (tertiary alicyclic amines) is 1. The van der Waals surface area contributed by atoms with Gasteiger partial charge in [-0.25, -0.2) is 19.6 Å². The zero-order chi connectivity index (χ0) is 27.6. The highest BCUT2D eigenvalue weighted by Gasteiger charge is 2.23. The van der Waals surface area contributed by atoms with E-state index >= 15 is 0 Å². The molecule has 2 amide bonds. The van der Waals surface area contributed by atoms with Crippen LogP contribution < -0.4 is 20.5 Å². The van der Waals surface area contributed by atoms with Gasteiger partial charge in [0.05, 0.1) is 38.8 Å². The Labute approximate surface area is 216 Å². The number of piperidine rings is 1. The summed E-state index contributed by atoms with van der Waals surface area (Å²) in [6.45, 7) is 7.41. The van der Waals surface area contributed by atoms with Crippen molar-refractivity contribution in [3.05, 3.63) is 35.7 Å². The lowest BCUT2D eigenvalue weighted by Crippen LogP contribution is -2.39. The number of rotatable bonds is 5. The SMILES string of the molecule is CC(C)(C)OC(=O)N1CCCCC1.COC(=O)c1cc(OC)ncc1NC(=O)c1c(OC)ccnc1N. The fraction of sp³-hybridized carbons (Fsp3) is 0.480. The molecular weight excluding hydrogens is 482 g/mol. The number of pyridine rings is 2. The number of nitrogens with one attached hydrogen (secondary N) is 1. The van der Waals surface area contributed by atoms with Crippen molar-refractivity contribution in [3.8, 4) is 11.6 Å². The van der Waals surface area contributed by atoms with Crippen LogP contribution >= 0.6 is 0 Å². The summed E-state index contributed by atoms with van der Waals surface area (Å²) in [4.78, 5) is 45.5. The highest BCUT2D eigenvalue weighted by atomic mass is 16.6. The molecule has 0 radical (unpaired) electrons. The highest BCUT2D eigenvalue weighted by molar-refractivity contribution is 6.11. The zero-order valence-corrected chi connectivity index (χ0v) is 22.1. The van der Waals surface area contributed by atoms with E-state index in [9.17, 15) is 14.4 Å². The molecule has 1 aliphatic rings. The normalized spacial score (nSPS) is 13.0. The van der Waals surface area contributed by atoms with Crippen molar-refractivity contribution in [1.82, 2.24) is 14.9 Å². The number of nitrogens with zero attached hydrogens (tertiary/aromatic N) is 3. The molecule has 1 saturated heterocycles. The van der Waals surface area contributed by atoms with Crippen molar-refractivity contribution in [1.29, 1.82) is 0 Å². The summed E-state index contributed by atoms with van der Waals surface area (Å²) in [5.74, 6) is -0.812. The fourth-order valence-corrected chi connectivity index (χ4v) is 3.37. The summed E-state index contributed by atoms with van der Waals surface area (Å²) < 4.78 is 20.0. The predicted octanol–water partition coefficient (Wildman–Crippen LogP) is 3.52. The number of esters is 1. The number of amides is 2. The van der Waals surface area contributed by atoms with Gasteiger partial charge in [-0.3, -0.25) is 4.79 Å². The van der Waals surface area contributed by atoms with Crippen molar-refractivity contribution in [2.45, 2.75) is 45.6 Å². The largest absolute Gasteiger partial charge is 0.496 e. The Hall–Kier alpha value is -4.09. The number of carbonyl (C=O) groups excluding carboxylic acids is 3. The minimum absolute atomic E-state index is 0.00654. The number of methoxy groups -OCH3 is 3. The van der Waals surface area contributed by atoms with Crippen LogP contribution in [0.25, 0.3) is 0 Å². The molecule has 3 N–H and O–H groups in total. The van der Waals surface area contributed by atoms with Crippen LogP contribution in [-0.4, -0.2) is 72.9 Å². The molecule has 0 spiro atoms. The summed E-state index contributed by atoms with van der Waals surface area (Å²) in [6, 6.07) is 2.85. The Balaban J connectivity index is 0.000000312. The lowest BCUT2D eigenvalue weighted by molar-refractivity contribution is 0.0215. The van der Waals surface area contributed by atoms with E-state index in [0.717, 1.165) is 25.9 Å². The number of hydrogen-bond donors (Lipinski definition) is 2. The smallest absolute Gasteiger partial charge is 0.410 e. The second-order valence-corrected chi connectivity index (χ2v) is 9.02. The van der Waals surface area contributed by atoms with E-state index in [4.69, 9.17) is 24.7 Å². The molecule has 3 heterocycles. The second-order valence-electron chi connectivity index (χ2n) is 9.02. The summed E-state index contributed by atoms with van der Waals surface area (Å²) in [7, 11) is 4.03. The molecule has 0 aliphatic carbocycles. The first-order valence-electron chi connectivity index (χ1n) is 11.7. The van der Waals surface area contributed by atoms with Gasteiger partial charge in [0.25, 0.3) is 5.91 Å². The first-order chi connectivity index (χ1) is 17.5. The van der Waals surface area contributed by atoms with Gasteiger partial charge in [-0.2, -0.15) is 0 Å². The number of aromatic nitrogens is 2. The maximum Gasteiger partial charge on any atom is 0.410 e. The molecule has 3 rings (SSSR count). The van der Waals surface area contributed by atoms with Crippen LogP contribution in [-0.2, 0) is 9.47 Å². The third-order valence-corrected chi connectivity index (χ3v) is 5.14. The van der Waals surface area contributed by atoms with Crippen LogP contribution in [0.4, 0.5) is 16.3 Å². The number of carbonyl (C=O) groups is 3. The predicted molar refractivity (Wildman–Crippen MR) is 137 cm³/mol. The number of nitrogen functional groups attached to an aromatic ring is 1. The summed E-state index contributed by atoms with van der Waals surface area (Å²) in [5, 5.41) is 2.55. The van der Waals surface area contributed by atoms with Crippen molar-refractivity contribution < 1.29 is 33.3 Å².